The largest absolute Gasteiger partial charge is 0.490 e. The Labute approximate surface area is 135 Å². The molecule has 25 heavy (non-hydrogen) atoms. The molecular formula is C12H11F7N2O4. The van der Waals surface area contributed by atoms with Crippen molar-refractivity contribution >= 4 is 11.9 Å². The van der Waals surface area contributed by atoms with E-state index in [4.69, 9.17) is 19.8 Å². The topological polar surface area (TPSA) is 99.5 Å². The lowest BCUT2D eigenvalue weighted by atomic mass is 9.95. The first kappa shape index (κ1) is 22.6. The quantitative estimate of drug-likeness (QED) is 0.646. The first-order valence-corrected chi connectivity index (χ1v) is 6.16. The van der Waals surface area contributed by atoms with Crippen LogP contribution in [0.1, 0.15) is 11.5 Å². The van der Waals surface area contributed by atoms with Gasteiger partial charge in [-0.15, -0.1) is 0 Å². The van der Waals surface area contributed by atoms with Gasteiger partial charge in [-0.25, -0.2) is 14.0 Å². The molecule has 3 N–H and O–H groups in total. The van der Waals surface area contributed by atoms with Gasteiger partial charge in [-0.05, 0) is 11.6 Å². The van der Waals surface area contributed by atoms with Crippen molar-refractivity contribution in [3.05, 3.63) is 29.8 Å². The minimum Gasteiger partial charge on any atom is -0.475 e. The zero-order valence-electron chi connectivity index (χ0n) is 12.0. The average Bonchev–Trinajstić information content (AvgIpc) is 2.35. The molecule has 1 saturated heterocycles. The van der Waals surface area contributed by atoms with Crippen LogP contribution in [0.25, 0.3) is 0 Å². The van der Waals surface area contributed by atoms with Crippen molar-refractivity contribution in [2.24, 2.45) is 0 Å². The Hall–Kier alpha value is -2.44. The molecule has 13 heteroatoms. The van der Waals surface area contributed by atoms with E-state index in [1.807, 2.05) is 0 Å². The van der Waals surface area contributed by atoms with E-state index in [1.54, 1.807) is 12.3 Å². The maximum Gasteiger partial charge on any atom is 0.490 e. The van der Waals surface area contributed by atoms with E-state index in [2.05, 4.69) is 10.3 Å². The maximum absolute atomic E-state index is 12.6. The summed E-state index contributed by atoms with van der Waals surface area (Å²) in [6, 6.07) is 1.55. The highest BCUT2D eigenvalue weighted by Gasteiger charge is 2.38. The van der Waals surface area contributed by atoms with Crippen LogP contribution in [0.2, 0.25) is 0 Å². The summed E-state index contributed by atoms with van der Waals surface area (Å²) in [5.74, 6) is -5.28. The van der Waals surface area contributed by atoms with Crippen LogP contribution in [0, 0.1) is 5.82 Å². The van der Waals surface area contributed by atoms with Crippen LogP contribution in [0.15, 0.2) is 18.5 Å². The number of hydrogen-bond acceptors (Lipinski definition) is 4. The molecular weight excluding hydrogens is 369 g/mol. The molecule has 0 bridgehead atoms. The summed E-state index contributed by atoms with van der Waals surface area (Å²) >= 11 is 0. The van der Waals surface area contributed by atoms with Gasteiger partial charge in [-0.3, -0.25) is 4.98 Å². The predicted molar refractivity (Wildman–Crippen MR) is 67.2 cm³/mol. The Morgan fingerprint density at radius 3 is 1.64 bits per heavy atom. The normalized spacial score (nSPS) is 14.2. The fraction of sp³-hybridized carbons (Fsp3) is 0.417. The number of carboxylic acids is 2. The predicted octanol–water partition coefficient (Wildman–Crippen LogP) is 2.17. The SMILES string of the molecule is Fc1cncc(C2CNC2)c1.O=C(O)C(F)(F)F.O=C(O)C(F)(F)F. The number of nitrogens with zero attached hydrogens (tertiary/aromatic N) is 1. The summed E-state index contributed by atoms with van der Waals surface area (Å²) in [7, 11) is 0. The zero-order chi connectivity index (χ0) is 19.8. The van der Waals surface area contributed by atoms with Crippen LogP contribution in [0.5, 0.6) is 0 Å². The maximum atomic E-state index is 12.6. The standard InChI is InChI=1S/C8H9FN2.2C2HF3O2/c9-8-1-6(2-11-5-8)7-3-10-4-7;2*3-2(4,5)1(6)7/h1-2,5,7,10H,3-4H2;2*(H,6,7). The Balaban J connectivity index is 0.000000366. The van der Waals surface area contributed by atoms with Crippen LogP contribution in [0.3, 0.4) is 0 Å². The first-order valence-electron chi connectivity index (χ1n) is 6.16. The van der Waals surface area contributed by atoms with E-state index in [9.17, 15) is 30.7 Å². The Morgan fingerprint density at radius 2 is 1.40 bits per heavy atom. The van der Waals surface area contributed by atoms with E-state index in [1.165, 1.54) is 6.20 Å². The van der Waals surface area contributed by atoms with Gasteiger partial charge in [0.15, 0.2) is 0 Å². The lowest BCUT2D eigenvalue weighted by Gasteiger charge is -2.26. The van der Waals surface area contributed by atoms with Crippen molar-refractivity contribution in [1.82, 2.24) is 10.3 Å². The highest BCUT2D eigenvalue weighted by atomic mass is 19.4. The number of rotatable bonds is 1. The van der Waals surface area contributed by atoms with E-state index >= 15 is 0 Å². The highest BCUT2D eigenvalue weighted by molar-refractivity contribution is 5.73. The Morgan fingerprint density at radius 1 is 1.00 bits per heavy atom. The molecule has 1 aromatic heterocycles. The van der Waals surface area contributed by atoms with Gasteiger partial charge in [0.25, 0.3) is 0 Å². The summed E-state index contributed by atoms with van der Waals surface area (Å²) in [4.78, 5) is 21.6. The third-order valence-electron chi connectivity index (χ3n) is 2.46. The van der Waals surface area contributed by atoms with Gasteiger partial charge in [0.1, 0.15) is 5.82 Å². The number of carbonyl (C=O) groups is 2. The van der Waals surface area contributed by atoms with Crippen molar-refractivity contribution in [2.45, 2.75) is 18.3 Å². The fourth-order valence-corrected chi connectivity index (χ4v) is 1.18. The number of halogens is 7. The third-order valence-corrected chi connectivity index (χ3v) is 2.46. The van der Waals surface area contributed by atoms with E-state index in [0.29, 0.717) is 5.92 Å². The average molecular weight is 380 g/mol. The summed E-state index contributed by atoms with van der Waals surface area (Å²) in [6.07, 6.45) is -7.20. The number of aliphatic carboxylic acids is 2. The molecule has 0 aromatic carbocycles. The summed E-state index contributed by atoms with van der Waals surface area (Å²) < 4.78 is 76.1. The number of alkyl halides is 6. The summed E-state index contributed by atoms with van der Waals surface area (Å²) in [5.41, 5.74) is 1.00. The highest BCUT2D eigenvalue weighted by Crippen LogP contribution is 2.18. The second kappa shape index (κ2) is 9.15. The van der Waals surface area contributed by atoms with Gasteiger partial charge in [-0.2, -0.15) is 26.3 Å². The van der Waals surface area contributed by atoms with Crippen LogP contribution in [-0.2, 0) is 9.59 Å². The third kappa shape index (κ3) is 9.44. The zero-order valence-corrected chi connectivity index (χ0v) is 12.0. The fourth-order valence-electron chi connectivity index (χ4n) is 1.18. The molecule has 1 aliphatic rings. The number of nitrogens with one attached hydrogen (secondary N) is 1. The van der Waals surface area contributed by atoms with Gasteiger partial charge in [0.05, 0.1) is 6.20 Å². The summed E-state index contributed by atoms with van der Waals surface area (Å²) in [5, 5.41) is 17.4. The molecule has 2 heterocycles. The molecule has 0 radical (unpaired) electrons. The van der Waals surface area contributed by atoms with Gasteiger partial charge in [0.2, 0.25) is 0 Å². The van der Waals surface area contributed by atoms with Gasteiger partial charge in [0, 0.05) is 25.2 Å². The van der Waals surface area contributed by atoms with Crippen LogP contribution >= 0.6 is 0 Å². The van der Waals surface area contributed by atoms with Gasteiger partial charge in [-0.1, -0.05) is 0 Å². The molecule has 0 atom stereocenters. The molecule has 142 valence electrons. The van der Waals surface area contributed by atoms with Crippen molar-refractivity contribution in [1.29, 1.82) is 0 Å². The number of pyridine rings is 1. The van der Waals surface area contributed by atoms with Gasteiger partial charge >= 0.3 is 24.3 Å². The smallest absolute Gasteiger partial charge is 0.475 e. The molecule has 0 spiro atoms. The van der Waals surface area contributed by atoms with E-state index in [0.717, 1.165) is 18.7 Å². The van der Waals surface area contributed by atoms with Crippen molar-refractivity contribution in [3.63, 3.8) is 0 Å². The second-order valence-corrected chi connectivity index (χ2v) is 4.40. The molecule has 2 rings (SSSR count). The molecule has 0 amide bonds. The minimum absolute atomic E-state index is 0.241. The Kier molecular flexibility index (Phi) is 8.26. The second-order valence-electron chi connectivity index (χ2n) is 4.40. The number of aromatic nitrogens is 1. The molecule has 6 nitrogen and oxygen atoms in total. The lowest BCUT2D eigenvalue weighted by Crippen LogP contribution is -2.39. The van der Waals surface area contributed by atoms with Crippen molar-refractivity contribution < 1.29 is 50.5 Å². The molecule has 0 aliphatic carbocycles. The number of hydrogen-bond donors (Lipinski definition) is 3. The van der Waals surface area contributed by atoms with Crippen LogP contribution in [-0.4, -0.2) is 52.6 Å². The molecule has 0 unspecified atom stereocenters. The lowest BCUT2D eigenvalue weighted by molar-refractivity contribution is -0.193. The number of carboxylic acid groups (broad SMARTS) is 2. The van der Waals surface area contributed by atoms with Crippen molar-refractivity contribution in [2.75, 3.05) is 13.1 Å². The monoisotopic (exact) mass is 380 g/mol. The summed E-state index contributed by atoms with van der Waals surface area (Å²) in [6.45, 7) is 1.90. The minimum atomic E-state index is -5.08. The molecule has 1 fully saturated rings. The molecule has 0 saturated carbocycles. The van der Waals surface area contributed by atoms with Crippen LogP contribution < -0.4 is 5.32 Å². The van der Waals surface area contributed by atoms with E-state index < -0.39 is 24.3 Å². The molecule has 1 aromatic rings. The van der Waals surface area contributed by atoms with Crippen molar-refractivity contribution in [3.8, 4) is 0 Å². The van der Waals surface area contributed by atoms with E-state index in [-0.39, 0.29) is 5.82 Å². The van der Waals surface area contributed by atoms with Gasteiger partial charge < -0.3 is 15.5 Å². The Bertz CT molecular complexity index is 562. The van der Waals surface area contributed by atoms with Crippen LogP contribution in [0.4, 0.5) is 30.7 Å². The first-order chi connectivity index (χ1) is 11.2. The molecule has 1 aliphatic heterocycles.